The summed E-state index contributed by atoms with van der Waals surface area (Å²) in [4.78, 5) is 8.84. The topological polar surface area (TPSA) is 51.8 Å². The molecule has 0 fully saturated rings. The first-order valence-electron chi connectivity index (χ1n) is 6.11. The van der Waals surface area contributed by atoms with Gasteiger partial charge >= 0.3 is 0 Å². The number of nitrogen functional groups attached to an aromatic ring is 1. The second kappa shape index (κ2) is 4.37. The number of rotatable bonds is 2. The average Bonchev–Trinajstić information content (AvgIpc) is 2.77. The molecule has 0 aliphatic heterocycles. The van der Waals surface area contributed by atoms with Gasteiger partial charge in [0.15, 0.2) is 0 Å². The maximum absolute atomic E-state index is 13.1. The maximum Gasteiger partial charge on any atom is 0.135 e. The van der Waals surface area contributed by atoms with Gasteiger partial charge in [0.2, 0.25) is 0 Å². The normalized spacial score (nSPS) is 13.6. The highest BCUT2D eigenvalue weighted by molar-refractivity contribution is 5.45. The van der Waals surface area contributed by atoms with E-state index in [2.05, 4.69) is 9.97 Å². The van der Waals surface area contributed by atoms with Gasteiger partial charge in [0.25, 0.3) is 0 Å². The Morgan fingerprint density at radius 3 is 2.94 bits per heavy atom. The molecule has 0 unspecified atom stereocenters. The SMILES string of the molecule is Nc1nc(Cc2cccc(F)c2)nc2c1CCC2. The second-order valence-electron chi connectivity index (χ2n) is 4.61. The molecule has 0 atom stereocenters. The van der Waals surface area contributed by atoms with Crippen LogP contribution in [0.15, 0.2) is 24.3 Å². The lowest BCUT2D eigenvalue weighted by atomic mass is 10.1. The van der Waals surface area contributed by atoms with Crippen LogP contribution < -0.4 is 5.73 Å². The number of benzene rings is 1. The molecule has 0 spiro atoms. The smallest absolute Gasteiger partial charge is 0.135 e. The Morgan fingerprint density at radius 1 is 1.22 bits per heavy atom. The number of anilines is 1. The number of hydrogen-bond donors (Lipinski definition) is 1. The van der Waals surface area contributed by atoms with Crippen LogP contribution in [0.1, 0.15) is 29.1 Å². The van der Waals surface area contributed by atoms with Gasteiger partial charge in [-0.25, -0.2) is 14.4 Å². The lowest BCUT2D eigenvalue weighted by Crippen LogP contribution is -2.06. The number of aryl methyl sites for hydroxylation is 1. The van der Waals surface area contributed by atoms with Gasteiger partial charge in [-0.3, -0.25) is 0 Å². The van der Waals surface area contributed by atoms with Crippen LogP contribution >= 0.6 is 0 Å². The van der Waals surface area contributed by atoms with Crippen LogP contribution in [0.25, 0.3) is 0 Å². The van der Waals surface area contributed by atoms with E-state index in [1.807, 2.05) is 6.07 Å². The molecule has 18 heavy (non-hydrogen) atoms. The Balaban J connectivity index is 1.92. The van der Waals surface area contributed by atoms with Crippen molar-refractivity contribution in [3.8, 4) is 0 Å². The molecule has 0 saturated heterocycles. The minimum Gasteiger partial charge on any atom is -0.383 e. The summed E-state index contributed by atoms with van der Waals surface area (Å²) >= 11 is 0. The minimum atomic E-state index is -0.235. The number of nitrogens with two attached hydrogens (primary N) is 1. The van der Waals surface area contributed by atoms with E-state index in [9.17, 15) is 4.39 Å². The fourth-order valence-corrected chi connectivity index (χ4v) is 2.42. The third-order valence-corrected chi connectivity index (χ3v) is 3.26. The molecule has 0 amide bonds. The molecule has 0 saturated carbocycles. The molecule has 1 aromatic carbocycles. The van der Waals surface area contributed by atoms with Gasteiger partial charge in [0.05, 0.1) is 0 Å². The summed E-state index contributed by atoms with van der Waals surface area (Å²) in [6.45, 7) is 0. The minimum absolute atomic E-state index is 0.235. The van der Waals surface area contributed by atoms with Crippen LogP contribution in [0, 0.1) is 5.82 Å². The van der Waals surface area contributed by atoms with E-state index >= 15 is 0 Å². The van der Waals surface area contributed by atoms with Gasteiger partial charge in [-0.05, 0) is 37.0 Å². The average molecular weight is 243 g/mol. The highest BCUT2D eigenvalue weighted by atomic mass is 19.1. The summed E-state index contributed by atoms with van der Waals surface area (Å²) in [5.74, 6) is 1.03. The Hall–Kier alpha value is -1.97. The molecule has 1 aliphatic rings. The van der Waals surface area contributed by atoms with Gasteiger partial charge in [-0.15, -0.1) is 0 Å². The molecule has 92 valence electrons. The van der Waals surface area contributed by atoms with Crippen LogP contribution in [0.3, 0.4) is 0 Å². The van der Waals surface area contributed by atoms with Crippen molar-refractivity contribution < 1.29 is 4.39 Å². The Kier molecular flexibility index (Phi) is 2.70. The van der Waals surface area contributed by atoms with Gasteiger partial charge < -0.3 is 5.73 Å². The maximum atomic E-state index is 13.1. The van der Waals surface area contributed by atoms with Gasteiger partial charge in [0.1, 0.15) is 17.5 Å². The molecule has 1 aromatic heterocycles. The largest absolute Gasteiger partial charge is 0.383 e. The summed E-state index contributed by atoms with van der Waals surface area (Å²) in [6.07, 6.45) is 3.56. The van der Waals surface area contributed by atoms with Crippen LogP contribution in [0.2, 0.25) is 0 Å². The zero-order chi connectivity index (χ0) is 12.5. The zero-order valence-corrected chi connectivity index (χ0v) is 9.99. The number of halogens is 1. The fourth-order valence-electron chi connectivity index (χ4n) is 2.42. The summed E-state index contributed by atoms with van der Waals surface area (Å²) in [7, 11) is 0. The molecule has 0 bridgehead atoms. The van der Waals surface area contributed by atoms with Crippen molar-refractivity contribution in [3.63, 3.8) is 0 Å². The van der Waals surface area contributed by atoms with Crippen molar-refractivity contribution in [1.29, 1.82) is 0 Å². The number of aromatic nitrogens is 2. The molecule has 2 aromatic rings. The van der Waals surface area contributed by atoms with Crippen molar-refractivity contribution in [1.82, 2.24) is 9.97 Å². The Labute approximate surface area is 105 Å². The van der Waals surface area contributed by atoms with Gasteiger partial charge in [0, 0.05) is 17.7 Å². The first-order valence-corrected chi connectivity index (χ1v) is 6.11. The first-order chi connectivity index (χ1) is 8.72. The molecule has 3 rings (SSSR count). The van der Waals surface area contributed by atoms with Crippen molar-refractivity contribution in [2.24, 2.45) is 0 Å². The van der Waals surface area contributed by atoms with E-state index in [4.69, 9.17) is 5.73 Å². The van der Waals surface area contributed by atoms with E-state index in [-0.39, 0.29) is 5.82 Å². The number of fused-ring (bicyclic) bond motifs is 1. The van der Waals surface area contributed by atoms with E-state index < -0.39 is 0 Å². The monoisotopic (exact) mass is 243 g/mol. The molecular formula is C14H14FN3. The number of hydrogen-bond acceptors (Lipinski definition) is 3. The van der Waals surface area contributed by atoms with E-state index in [1.165, 1.54) is 12.1 Å². The fraction of sp³-hybridized carbons (Fsp3) is 0.286. The number of nitrogens with zero attached hydrogens (tertiary/aromatic N) is 2. The van der Waals surface area contributed by atoms with Gasteiger partial charge in [-0.1, -0.05) is 12.1 Å². The van der Waals surface area contributed by atoms with E-state index in [0.29, 0.717) is 18.1 Å². The van der Waals surface area contributed by atoms with E-state index in [1.54, 1.807) is 6.07 Å². The van der Waals surface area contributed by atoms with Crippen molar-refractivity contribution in [2.45, 2.75) is 25.7 Å². The quantitative estimate of drug-likeness (QED) is 0.880. The Bertz CT molecular complexity index is 596. The van der Waals surface area contributed by atoms with E-state index in [0.717, 1.165) is 36.1 Å². The standard InChI is InChI=1S/C14H14FN3/c15-10-4-1-3-9(7-10)8-13-17-12-6-2-5-11(12)14(16)18-13/h1,3-4,7H,2,5-6,8H2,(H2,16,17,18). The first kappa shape index (κ1) is 11.1. The predicted molar refractivity (Wildman–Crippen MR) is 67.7 cm³/mol. The molecule has 3 nitrogen and oxygen atoms in total. The van der Waals surface area contributed by atoms with Crippen LogP contribution in [-0.4, -0.2) is 9.97 Å². The lowest BCUT2D eigenvalue weighted by molar-refractivity contribution is 0.625. The lowest BCUT2D eigenvalue weighted by Gasteiger charge is -2.06. The highest BCUT2D eigenvalue weighted by Crippen LogP contribution is 2.24. The molecular weight excluding hydrogens is 229 g/mol. The Morgan fingerprint density at radius 2 is 2.11 bits per heavy atom. The van der Waals surface area contributed by atoms with Crippen molar-refractivity contribution in [2.75, 3.05) is 5.73 Å². The highest BCUT2D eigenvalue weighted by Gasteiger charge is 2.17. The van der Waals surface area contributed by atoms with Crippen LogP contribution in [0.5, 0.6) is 0 Å². The molecule has 1 aliphatic carbocycles. The molecule has 4 heteroatoms. The van der Waals surface area contributed by atoms with Crippen molar-refractivity contribution in [3.05, 3.63) is 52.7 Å². The summed E-state index contributed by atoms with van der Waals surface area (Å²) in [5.41, 5.74) is 8.96. The van der Waals surface area contributed by atoms with Crippen molar-refractivity contribution >= 4 is 5.82 Å². The third kappa shape index (κ3) is 2.06. The summed E-state index contributed by atoms with van der Waals surface area (Å²) in [5, 5.41) is 0. The summed E-state index contributed by atoms with van der Waals surface area (Å²) < 4.78 is 13.1. The molecule has 0 radical (unpaired) electrons. The zero-order valence-electron chi connectivity index (χ0n) is 9.99. The second-order valence-corrected chi connectivity index (χ2v) is 4.61. The van der Waals surface area contributed by atoms with Gasteiger partial charge in [-0.2, -0.15) is 0 Å². The summed E-state index contributed by atoms with van der Waals surface area (Å²) in [6, 6.07) is 6.51. The molecule has 1 heterocycles. The third-order valence-electron chi connectivity index (χ3n) is 3.26. The van der Waals surface area contributed by atoms with Crippen LogP contribution in [-0.2, 0) is 19.3 Å². The van der Waals surface area contributed by atoms with Crippen LogP contribution in [0.4, 0.5) is 10.2 Å². The predicted octanol–water partition coefficient (Wildman–Crippen LogP) is 2.28. The molecule has 2 N–H and O–H groups in total.